The number of nitrogens with one attached hydrogen (secondary N) is 1. The van der Waals surface area contributed by atoms with E-state index >= 15 is 0 Å². The maximum Gasteiger partial charge on any atom is 0.254 e. The van der Waals surface area contributed by atoms with Gasteiger partial charge in [0.15, 0.2) is 6.29 Å². The molecule has 1 amide bonds. The molecule has 1 aromatic heterocycles. The second-order valence-electron chi connectivity index (χ2n) is 9.39. The number of carbonyl (C=O) groups excluding carboxylic acids is 1. The van der Waals surface area contributed by atoms with E-state index in [-0.39, 0.29) is 12.2 Å². The van der Waals surface area contributed by atoms with Crippen LogP contribution in [0.4, 0.5) is 11.5 Å². The Labute approximate surface area is 225 Å². The number of carbonyl (C=O) groups is 1. The minimum atomic E-state index is -0.562. The number of anilines is 2. The van der Waals surface area contributed by atoms with E-state index in [4.69, 9.17) is 37.8 Å². The molecule has 1 N–H and O–H groups in total. The summed E-state index contributed by atoms with van der Waals surface area (Å²) in [5.74, 6) is 0.678. The number of rotatable bonds is 4. The van der Waals surface area contributed by atoms with Gasteiger partial charge in [0.2, 0.25) is 6.29 Å². The third-order valence-corrected chi connectivity index (χ3v) is 7.89. The van der Waals surface area contributed by atoms with Crippen molar-refractivity contribution < 1.29 is 14.3 Å². The van der Waals surface area contributed by atoms with Crippen LogP contribution in [0.25, 0.3) is 0 Å². The van der Waals surface area contributed by atoms with E-state index in [2.05, 4.69) is 22.3 Å². The molecule has 2 saturated heterocycles. The van der Waals surface area contributed by atoms with Crippen LogP contribution in [-0.2, 0) is 14.3 Å². The number of fused-ring (bicyclic) bond motifs is 1. The molecule has 0 radical (unpaired) electrons. The second-order valence-corrected chi connectivity index (χ2v) is 10.2. The highest BCUT2D eigenvalue weighted by Gasteiger charge is 2.39. The number of allylic oxidation sites excluding steroid dienone is 1. The first kappa shape index (κ1) is 24.3. The van der Waals surface area contributed by atoms with E-state index in [0.29, 0.717) is 40.0 Å². The number of piperazine rings is 1. The summed E-state index contributed by atoms with van der Waals surface area (Å²) in [6.07, 6.45) is -0.822. The fourth-order valence-corrected chi connectivity index (χ4v) is 5.59. The first-order valence-electron chi connectivity index (χ1n) is 12.3. The molecule has 3 aliphatic heterocycles. The normalized spacial score (nSPS) is 23.4. The summed E-state index contributed by atoms with van der Waals surface area (Å²) in [6, 6.07) is 17.1. The SMILES string of the molecule is CC1=C(C(=O)N2CCN(c3ccccc3)CC2)C(c2cccc(Cl)c2Cl)n2nc(C3OC(C)O3)cc2N1. The summed E-state index contributed by atoms with van der Waals surface area (Å²) < 4.78 is 13.1. The lowest BCUT2D eigenvalue weighted by molar-refractivity contribution is -0.384. The highest BCUT2D eigenvalue weighted by atomic mass is 35.5. The number of nitrogens with zero attached hydrogens (tertiary/aromatic N) is 4. The number of ether oxygens (including phenoxy) is 2. The monoisotopic (exact) mass is 539 g/mol. The first-order chi connectivity index (χ1) is 17.9. The molecule has 2 fully saturated rings. The van der Waals surface area contributed by atoms with Crippen LogP contribution >= 0.6 is 23.2 Å². The van der Waals surface area contributed by atoms with Gasteiger partial charge in [0.1, 0.15) is 17.6 Å². The van der Waals surface area contributed by atoms with Crippen molar-refractivity contribution >= 4 is 40.6 Å². The summed E-state index contributed by atoms with van der Waals surface area (Å²) >= 11 is 13.1. The average molecular weight is 540 g/mol. The molecule has 3 aromatic rings. The Kier molecular flexibility index (Phi) is 6.36. The number of halogens is 2. The number of hydrogen-bond donors (Lipinski definition) is 1. The summed E-state index contributed by atoms with van der Waals surface area (Å²) in [7, 11) is 0. The summed E-state index contributed by atoms with van der Waals surface area (Å²) in [6.45, 7) is 6.47. The summed E-state index contributed by atoms with van der Waals surface area (Å²) in [5, 5.41) is 8.98. The molecule has 10 heteroatoms. The lowest BCUT2D eigenvalue weighted by Gasteiger charge is -2.38. The fourth-order valence-electron chi connectivity index (χ4n) is 5.18. The Morgan fingerprint density at radius 2 is 1.76 bits per heavy atom. The number of para-hydroxylation sites is 1. The molecule has 2 aromatic carbocycles. The zero-order valence-electron chi connectivity index (χ0n) is 20.5. The molecule has 4 heterocycles. The molecular weight excluding hydrogens is 513 g/mol. The van der Waals surface area contributed by atoms with Crippen molar-refractivity contribution in [3.05, 3.63) is 87.2 Å². The number of benzene rings is 2. The van der Waals surface area contributed by atoms with Gasteiger partial charge in [-0.2, -0.15) is 5.10 Å². The quantitative estimate of drug-likeness (QED) is 0.490. The Hall–Kier alpha value is -3.04. The van der Waals surface area contributed by atoms with E-state index in [0.717, 1.165) is 30.3 Å². The number of hydrogen-bond acceptors (Lipinski definition) is 6. The number of amides is 1. The average Bonchev–Trinajstić information content (AvgIpc) is 3.31. The van der Waals surface area contributed by atoms with Gasteiger partial charge in [0, 0.05) is 49.2 Å². The predicted molar refractivity (Wildman–Crippen MR) is 143 cm³/mol. The summed E-state index contributed by atoms with van der Waals surface area (Å²) in [5.41, 5.74) is 3.83. The molecule has 6 rings (SSSR count). The Morgan fingerprint density at radius 1 is 1.03 bits per heavy atom. The van der Waals surface area contributed by atoms with Crippen molar-refractivity contribution in [3.8, 4) is 0 Å². The van der Waals surface area contributed by atoms with Gasteiger partial charge in [0.25, 0.3) is 5.91 Å². The molecule has 8 nitrogen and oxygen atoms in total. The van der Waals surface area contributed by atoms with Gasteiger partial charge < -0.3 is 24.6 Å². The van der Waals surface area contributed by atoms with Crippen LogP contribution < -0.4 is 10.2 Å². The van der Waals surface area contributed by atoms with Gasteiger partial charge in [-0.05, 0) is 32.0 Å². The number of aromatic nitrogens is 2. The van der Waals surface area contributed by atoms with E-state index < -0.39 is 12.3 Å². The van der Waals surface area contributed by atoms with E-state index in [1.54, 1.807) is 10.7 Å². The van der Waals surface area contributed by atoms with Gasteiger partial charge in [-0.1, -0.05) is 53.5 Å². The van der Waals surface area contributed by atoms with Crippen LogP contribution in [0, 0.1) is 0 Å². The minimum Gasteiger partial charge on any atom is -0.368 e. The lowest BCUT2D eigenvalue weighted by Crippen LogP contribution is -2.50. The largest absolute Gasteiger partial charge is 0.368 e. The van der Waals surface area contributed by atoms with Crippen LogP contribution in [0.3, 0.4) is 0 Å². The van der Waals surface area contributed by atoms with Gasteiger partial charge in [-0.15, -0.1) is 0 Å². The minimum absolute atomic E-state index is 0.0498. The highest BCUT2D eigenvalue weighted by molar-refractivity contribution is 6.42. The van der Waals surface area contributed by atoms with Crippen molar-refractivity contribution in [2.24, 2.45) is 0 Å². The topological polar surface area (TPSA) is 71.9 Å². The van der Waals surface area contributed by atoms with E-state index in [9.17, 15) is 4.79 Å². The van der Waals surface area contributed by atoms with Crippen molar-refractivity contribution in [1.29, 1.82) is 0 Å². The van der Waals surface area contributed by atoms with E-state index in [1.807, 2.05) is 55.1 Å². The maximum atomic E-state index is 14.1. The van der Waals surface area contributed by atoms with Crippen molar-refractivity contribution in [2.45, 2.75) is 32.5 Å². The van der Waals surface area contributed by atoms with E-state index in [1.165, 1.54) is 0 Å². The van der Waals surface area contributed by atoms with Crippen LogP contribution in [0.5, 0.6) is 0 Å². The molecule has 0 saturated carbocycles. The molecule has 0 spiro atoms. The summed E-state index contributed by atoms with van der Waals surface area (Å²) in [4.78, 5) is 18.3. The molecule has 0 bridgehead atoms. The smallest absolute Gasteiger partial charge is 0.254 e. The third-order valence-electron chi connectivity index (χ3n) is 7.06. The Morgan fingerprint density at radius 3 is 2.46 bits per heavy atom. The van der Waals surface area contributed by atoms with Crippen molar-refractivity contribution in [1.82, 2.24) is 14.7 Å². The molecule has 1 atom stereocenters. The molecule has 192 valence electrons. The van der Waals surface area contributed by atoms with Crippen LogP contribution in [-0.4, -0.2) is 53.1 Å². The molecule has 37 heavy (non-hydrogen) atoms. The zero-order chi connectivity index (χ0) is 25.7. The lowest BCUT2D eigenvalue weighted by atomic mass is 9.94. The maximum absolute atomic E-state index is 14.1. The Bertz CT molecular complexity index is 1360. The van der Waals surface area contributed by atoms with Crippen LogP contribution in [0.1, 0.15) is 37.4 Å². The fraction of sp³-hybridized carbons (Fsp3) is 0.333. The first-order valence-corrected chi connectivity index (χ1v) is 13.1. The third kappa shape index (κ3) is 4.38. The molecule has 0 aliphatic carbocycles. The standard InChI is InChI=1S/C27H27Cl2N5O3/c1-16-23(26(35)33-13-11-32(12-14-33)18-7-4-3-5-8-18)25(19-9-6-10-20(28)24(19)29)34-22(30-16)15-21(31-34)27-36-17(2)37-27/h3-10,15,17,25,27,30H,11-14H2,1-2H3. The van der Waals surface area contributed by atoms with Gasteiger partial charge >= 0.3 is 0 Å². The second kappa shape index (κ2) is 9.68. The zero-order valence-corrected chi connectivity index (χ0v) is 22.0. The van der Waals surface area contributed by atoms with Crippen LogP contribution in [0.15, 0.2) is 65.9 Å². The van der Waals surface area contributed by atoms with Crippen molar-refractivity contribution in [3.63, 3.8) is 0 Å². The highest BCUT2D eigenvalue weighted by Crippen LogP contribution is 2.43. The van der Waals surface area contributed by atoms with Crippen LogP contribution in [0.2, 0.25) is 10.0 Å². The van der Waals surface area contributed by atoms with Crippen molar-refractivity contribution in [2.75, 3.05) is 36.4 Å². The predicted octanol–water partition coefficient (Wildman–Crippen LogP) is 5.22. The van der Waals surface area contributed by atoms with Gasteiger partial charge in [-0.3, -0.25) is 4.79 Å². The van der Waals surface area contributed by atoms with Gasteiger partial charge in [-0.25, -0.2) is 4.68 Å². The molecule has 1 unspecified atom stereocenters. The van der Waals surface area contributed by atoms with Gasteiger partial charge in [0.05, 0.1) is 15.6 Å². The Balaban J connectivity index is 1.33. The molecular formula is C27H27Cl2N5O3. The molecule has 3 aliphatic rings.